The van der Waals surface area contributed by atoms with Crippen molar-refractivity contribution in [3.05, 3.63) is 89.0 Å². The Bertz CT molecular complexity index is 1270. The van der Waals surface area contributed by atoms with Crippen LogP contribution in [0.3, 0.4) is 0 Å². The van der Waals surface area contributed by atoms with Crippen LogP contribution in [0, 0.1) is 19.8 Å². The van der Waals surface area contributed by atoms with E-state index in [0.717, 1.165) is 22.4 Å². The molecule has 35 heavy (non-hydrogen) atoms. The number of para-hydroxylation sites is 2. The molecule has 3 amide bonds. The third-order valence-electron chi connectivity index (χ3n) is 6.36. The number of carbonyl (C=O) groups excluding carboxylic acids is 3. The molecule has 180 valence electrons. The molecule has 2 N–H and O–H groups in total. The SMILES string of the molecule is COc1ccccc1CNC(=O)c1ccccc1NC(=O)[C@H]1CC(=O)N(c2ccc(C)c(C)c2)C1. The van der Waals surface area contributed by atoms with Crippen molar-refractivity contribution in [2.45, 2.75) is 26.8 Å². The molecule has 7 heteroatoms. The number of aryl methyl sites for hydroxylation is 2. The number of rotatable bonds is 7. The van der Waals surface area contributed by atoms with Crippen molar-refractivity contribution in [2.75, 3.05) is 23.9 Å². The van der Waals surface area contributed by atoms with E-state index in [1.165, 1.54) is 0 Å². The van der Waals surface area contributed by atoms with Gasteiger partial charge in [0.2, 0.25) is 11.8 Å². The van der Waals surface area contributed by atoms with Gasteiger partial charge in [-0.1, -0.05) is 36.4 Å². The number of nitrogens with zero attached hydrogens (tertiary/aromatic N) is 1. The van der Waals surface area contributed by atoms with E-state index in [2.05, 4.69) is 10.6 Å². The third-order valence-corrected chi connectivity index (χ3v) is 6.36. The van der Waals surface area contributed by atoms with Gasteiger partial charge in [-0.3, -0.25) is 14.4 Å². The maximum Gasteiger partial charge on any atom is 0.253 e. The second-order valence-electron chi connectivity index (χ2n) is 8.70. The van der Waals surface area contributed by atoms with Crippen molar-refractivity contribution in [3.63, 3.8) is 0 Å². The van der Waals surface area contributed by atoms with Crippen LogP contribution in [0.1, 0.15) is 33.5 Å². The van der Waals surface area contributed by atoms with Crippen LogP contribution in [-0.4, -0.2) is 31.4 Å². The minimum absolute atomic E-state index is 0.0868. The average Bonchev–Trinajstić information content (AvgIpc) is 3.26. The summed E-state index contributed by atoms with van der Waals surface area (Å²) >= 11 is 0. The molecule has 3 aromatic rings. The van der Waals surface area contributed by atoms with Crippen molar-refractivity contribution >= 4 is 29.1 Å². The number of carbonyl (C=O) groups is 3. The molecule has 1 heterocycles. The molecule has 0 spiro atoms. The Morgan fingerprint density at radius 1 is 1.00 bits per heavy atom. The normalized spacial score (nSPS) is 15.1. The molecule has 0 bridgehead atoms. The monoisotopic (exact) mass is 471 g/mol. The number of hydrogen-bond donors (Lipinski definition) is 2. The van der Waals surface area contributed by atoms with Gasteiger partial charge in [0.05, 0.1) is 24.3 Å². The Kier molecular flexibility index (Phi) is 7.15. The van der Waals surface area contributed by atoms with Crippen molar-refractivity contribution in [2.24, 2.45) is 5.92 Å². The molecule has 1 aliphatic rings. The maximum atomic E-state index is 13.1. The number of hydrogen-bond acceptors (Lipinski definition) is 4. The number of methoxy groups -OCH3 is 1. The smallest absolute Gasteiger partial charge is 0.253 e. The van der Waals surface area contributed by atoms with Crippen LogP contribution in [0.5, 0.6) is 5.75 Å². The predicted octanol–water partition coefficient (Wildman–Crippen LogP) is 4.23. The Hall–Kier alpha value is -4.13. The lowest BCUT2D eigenvalue weighted by molar-refractivity contribution is -0.122. The van der Waals surface area contributed by atoms with Gasteiger partial charge in [-0.15, -0.1) is 0 Å². The third kappa shape index (κ3) is 5.35. The molecule has 1 saturated heterocycles. The molecule has 7 nitrogen and oxygen atoms in total. The number of anilines is 2. The van der Waals surface area contributed by atoms with E-state index < -0.39 is 5.92 Å². The standard InChI is InChI=1S/C28H29N3O4/c1-18-12-13-22(14-19(18)2)31-17-21(15-26(31)32)27(33)30-24-10-6-5-9-23(24)28(34)29-16-20-8-4-7-11-25(20)35-3/h4-14,21H,15-17H2,1-3H3,(H,29,34)(H,30,33)/t21-/m0/s1. The van der Waals surface area contributed by atoms with E-state index in [1.807, 2.05) is 56.3 Å². The fourth-order valence-electron chi connectivity index (χ4n) is 4.17. The van der Waals surface area contributed by atoms with E-state index in [4.69, 9.17) is 4.74 Å². The predicted molar refractivity (Wildman–Crippen MR) is 136 cm³/mol. The van der Waals surface area contributed by atoms with Crippen molar-refractivity contribution < 1.29 is 19.1 Å². The highest BCUT2D eigenvalue weighted by molar-refractivity contribution is 6.07. The van der Waals surface area contributed by atoms with E-state index in [0.29, 0.717) is 23.5 Å². The molecule has 0 unspecified atom stereocenters. The van der Waals surface area contributed by atoms with Gasteiger partial charge in [-0.25, -0.2) is 0 Å². The summed E-state index contributed by atoms with van der Waals surface area (Å²) in [4.78, 5) is 40.3. The lowest BCUT2D eigenvalue weighted by Crippen LogP contribution is -2.29. The fourth-order valence-corrected chi connectivity index (χ4v) is 4.17. The summed E-state index contributed by atoms with van der Waals surface area (Å²) in [5.74, 6) is -0.501. The van der Waals surface area contributed by atoms with Crippen LogP contribution < -0.4 is 20.3 Å². The highest BCUT2D eigenvalue weighted by Crippen LogP contribution is 2.28. The Balaban J connectivity index is 1.43. The van der Waals surface area contributed by atoms with E-state index in [-0.39, 0.29) is 30.7 Å². The first-order chi connectivity index (χ1) is 16.9. The first-order valence-electron chi connectivity index (χ1n) is 11.5. The summed E-state index contributed by atoms with van der Waals surface area (Å²) in [6.45, 7) is 4.60. The van der Waals surface area contributed by atoms with Gasteiger partial charge in [-0.2, -0.15) is 0 Å². The first-order valence-corrected chi connectivity index (χ1v) is 11.5. The molecule has 0 aromatic heterocycles. The van der Waals surface area contributed by atoms with Crippen molar-refractivity contribution in [1.82, 2.24) is 5.32 Å². The summed E-state index contributed by atoms with van der Waals surface area (Å²) in [5.41, 5.74) is 4.65. The first kappa shape index (κ1) is 24.0. The van der Waals surface area contributed by atoms with Gasteiger partial charge in [0, 0.05) is 30.8 Å². The molecule has 1 atom stereocenters. The topological polar surface area (TPSA) is 87.7 Å². The van der Waals surface area contributed by atoms with Gasteiger partial charge in [0.15, 0.2) is 0 Å². The Morgan fingerprint density at radius 2 is 1.74 bits per heavy atom. The summed E-state index contributed by atoms with van der Waals surface area (Å²) in [5, 5.41) is 5.75. The second kappa shape index (κ2) is 10.4. The van der Waals surface area contributed by atoms with E-state index in [1.54, 1.807) is 36.3 Å². The van der Waals surface area contributed by atoms with Crippen LogP contribution in [0.25, 0.3) is 0 Å². The minimum atomic E-state index is -0.506. The molecule has 1 aliphatic heterocycles. The molecule has 0 aliphatic carbocycles. The Labute approximate surface area is 205 Å². The number of nitrogens with one attached hydrogen (secondary N) is 2. The fraction of sp³-hybridized carbons (Fsp3) is 0.250. The molecular formula is C28H29N3O4. The summed E-state index contributed by atoms with van der Waals surface area (Å²) in [7, 11) is 1.58. The molecule has 0 radical (unpaired) electrons. The zero-order chi connectivity index (χ0) is 24.9. The van der Waals surface area contributed by atoms with E-state index in [9.17, 15) is 14.4 Å². The molecule has 0 saturated carbocycles. The summed E-state index contributed by atoms with van der Waals surface area (Å²) < 4.78 is 5.34. The van der Waals surface area contributed by atoms with Crippen molar-refractivity contribution in [1.29, 1.82) is 0 Å². The van der Waals surface area contributed by atoms with Crippen LogP contribution >= 0.6 is 0 Å². The van der Waals surface area contributed by atoms with Crippen LogP contribution in [-0.2, 0) is 16.1 Å². The maximum absolute atomic E-state index is 13.1. The highest BCUT2D eigenvalue weighted by Gasteiger charge is 2.35. The zero-order valence-electron chi connectivity index (χ0n) is 20.1. The molecule has 4 rings (SSSR count). The van der Waals surface area contributed by atoms with Crippen LogP contribution in [0.2, 0.25) is 0 Å². The minimum Gasteiger partial charge on any atom is -0.496 e. The number of amides is 3. The summed E-state index contributed by atoms with van der Waals surface area (Å²) in [6.07, 6.45) is 0.126. The second-order valence-corrected chi connectivity index (χ2v) is 8.70. The van der Waals surface area contributed by atoms with Crippen molar-refractivity contribution in [3.8, 4) is 5.75 Å². The highest BCUT2D eigenvalue weighted by atomic mass is 16.5. The molecule has 1 fully saturated rings. The molecular weight excluding hydrogens is 442 g/mol. The molecule has 3 aromatic carbocycles. The Morgan fingerprint density at radius 3 is 2.51 bits per heavy atom. The largest absolute Gasteiger partial charge is 0.496 e. The van der Waals surface area contributed by atoms with Crippen LogP contribution in [0.4, 0.5) is 11.4 Å². The van der Waals surface area contributed by atoms with E-state index >= 15 is 0 Å². The number of ether oxygens (including phenoxy) is 1. The zero-order valence-corrected chi connectivity index (χ0v) is 20.1. The van der Waals surface area contributed by atoms with Gasteiger partial charge in [-0.05, 0) is 55.3 Å². The summed E-state index contributed by atoms with van der Waals surface area (Å²) in [6, 6.07) is 20.2. The lowest BCUT2D eigenvalue weighted by Gasteiger charge is -2.18. The van der Waals surface area contributed by atoms with Gasteiger partial charge in [0.25, 0.3) is 5.91 Å². The average molecular weight is 472 g/mol. The number of benzene rings is 3. The quantitative estimate of drug-likeness (QED) is 0.540. The van der Waals surface area contributed by atoms with Crippen LogP contribution in [0.15, 0.2) is 66.7 Å². The van der Waals surface area contributed by atoms with Gasteiger partial charge >= 0.3 is 0 Å². The van der Waals surface area contributed by atoms with Gasteiger partial charge < -0.3 is 20.3 Å². The van der Waals surface area contributed by atoms with Gasteiger partial charge in [0.1, 0.15) is 5.75 Å². The lowest BCUT2D eigenvalue weighted by atomic mass is 10.1.